The number of nitrogens with one attached hydrogen (secondary N) is 5. The molecule has 20 nitrogen and oxygen atoms in total. The molecule has 0 radical (unpaired) electrons. The van der Waals surface area contributed by atoms with Crippen molar-refractivity contribution in [2.75, 3.05) is 55.7 Å². The molecule has 20 heteroatoms. The summed E-state index contributed by atoms with van der Waals surface area (Å²) in [5.74, 6) is -2.30. The van der Waals surface area contributed by atoms with Crippen molar-refractivity contribution in [1.29, 1.82) is 0 Å². The maximum Gasteiger partial charge on any atom is 0.223 e. The normalized spacial score (nSPS) is 12.4. The molecule has 0 saturated carbocycles. The number of aryl methyl sites for hydroxylation is 8. The molecular weight excluding hydrogens is 1420 g/mol. The van der Waals surface area contributed by atoms with Crippen molar-refractivity contribution < 1.29 is 53.1 Å². The van der Waals surface area contributed by atoms with Gasteiger partial charge in [-0.05, 0) is 174 Å². The van der Waals surface area contributed by atoms with E-state index in [4.69, 9.17) is 17.2 Å². The average Bonchev–Trinajstić information content (AvgIpc) is 0.755. The number of anilines is 13. The van der Waals surface area contributed by atoms with E-state index in [0.29, 0.717) is 124 Å². The van der Waals surface area contributed by atoms with Gasteiger partial charge in [-0.25, -0.2) is 0 Å². The first kappa shape index (κ1) is 76.5. The zero-order valence-corrected chi connectivity index (χ0v) is 63.8. The van der Waals surface area contributed by atoms with Gasteiger partial charge in [0.2, 0.25) is 11.8 Å². The summed E-state index contributed by atoms with van der Waals surface area (Å²) in [5, 5.41) is 26.4. The third-order valence-corrected chi connectivity index (χ3v) is 20.5. The lowest BCUT2D eigenvalue weighted by Gasteiger charge is -2.24. The number of fused-ring (bicyclic) bond motifs is 8. The molecule has 0 heterocycles. The second kappa shape index (κ2) is 30.8. The number of phenols is 1. The lowest BCUT2D eigenvalue weighted by Crippen LogP contribution is -2.24. The van der Waals surface area contributed by atoms with Gasteiger partial charge in [0.05, 0.1) is 67.3 Å². The van der Waals surface area contributed by atoms with Gasteiger partial charge in [-0.15, -0.1) is 0 Å². The smallest absolute Gasteiger partial charge is 0.223 e. The molecule has 0 fully saturated rings. The Morgan fingerprint density at radius 3 is 0.867 bits per heavy atom. The van der Waals surface area contributed by atoms with E-state index in [9.17, 15) is 53.1 Å². The van der Waals surface area contributed by atoms with Crippen molar-refractivity contribution in [1.82, 2.24) is 0 Å². The van der Waals surface area contributed by atoms with Gasteiger partial charge < -0.3 is 53.8 Å². The van der Waals surface area contributed by atoms with Crippen LogP contribution in [0.5, 0.6) is 5.75 Å². The SMILES string of the molecule is CC(=O)N(C)c1ccc(Nc2cc(C)c(N)c3c2C(=O)c2ccccc2C3=O)cc1.CC(=O)Nc1ccc(Nc2cc(C)c(N)c3c2C(=O)c2ccccc2C3=O)cc1.Cc1ccc(Nc2cc(C)c(N)c3c2C(=O)c2ccccc2C3=O)c(C)c1.Cc1ccc(Nc2cc(C)c(O)c3c2C(=O)c2ccccc2C3=O)c(C)c1. The van der Waals surface area contributed by atoms with Crippen LogP contribution in [-0.4, -0.2) is 70.2 Å². The number of aromatic hydroxyl groups is 1. The Kier molecular flexibility index (Phi) is 20.8. The summed E-state index contributed by atoms with van der Waals surface area (Å²) in [4.78, 5) is 129. The number of phenolic OH excluding ortho intramolecular Hbond substituents is 1. The van der Waals surface area contributed by atoms with E-state index in [2.05, 4.69) is 32.7 Å². The number of rotatable bonds is 10. The van der Waals surface area contributed by atoms with Crippen LogP contribution in [-0.2, 0) is 9.59 Å². The molecule has 12 aromatic carbocycles. The second-order valence-electron chi connectivity index (χ2n) is 28.4. The van der Waals surface area contributed by atoms with Gasteiger partial charge in [0.25, 0.3) is 0 Å². The summed E-state index contributed by atoms with van der Waals surface area (Å²) in [6.45, 7) is 18.2. The van der Waals surface area contributed by atoms with E-state index in [-0.39, 0.29) is 97.2 Å². The van der Waals surface area contributed by atoms with Gasteiger partial charge in [0, 0.05) is 117 Å². The predicted octanol–water partition coefficient (Wildman–Crippen LogP) is 17.7. The van der Waals surface area contributed by atoms with Gasteiger partial charge >= 0.3 is 0 Å². The van der Waals surface area contributed by atoms with Crippen LogP contribution >= 0.6 is 0 Å². The Balaban J connectivity index is 0.000000132. The highest BCUT2D eigenvalue weighted by Crippen LogP contribution is 2.45. The van der Waals surface area contributed by atoms with E-state index in [1.54, 1.807) is 160 Å². The summed E-state index contributed by atoms with van der Waals surface area (Å²) in [5.41, 5.74) is 38.6. The third kappa shape index (κ3) is 14.5. The van der Waals surface area contributed by atoms with Crippen molar-refractivity contribution in [3.63, 3.8) is 0 Å². The topological polar surface area (TPSA) is 332 Å². The van der Waals surface area contributed by atoms with Gasteiger partial charge in [0.1, 0.15) is 5.75 Å². The molecule has 16 rings (SSSR count). The number of hydrogen-bond donors (Lipinski definition) is 9. The second-order valence-corrected chi connectivity index (χ2v) is 28.4. The van der Waals surface area contributed by atoms with Crippen molar-refractivity contribution in [2.24, 2.45) is 0 Å². The molecule has 12 aromatic rings. The molecule has 4 aliphatic rings. The lowest BCUT2D eigenvalue weighted by atomic mass is 9.81. The minimum Gasteiger partial charge on any atom is -0.507 e. The number of ketones is 8. The first-order valence-corrected chi connectivity index (χ1v) is 36.3. The summed E-state index contributed by atoms with van der Waals surface area (Å²) in [7, 11) is 1.70. The first-order chi connectivity index (χ1) is 53.9. The Bertz CT molecular complexity index is 5960. The maximum absolute atomic E-state index is 13.3. The van der Waals surface area contributed by atoms with Crippen LogP contribution in [0.2, 0.25) is 0 Å². The fourth-order valence-corrected chi connectivity index (χ4v) is 14.5. The molecule has 0 unspecified atom stereocenters. The van der Waals surface area contributed by atoms with Crippen LogP contribution in [0.15, 0.2) is 206 Å². The van der Waals surface area contributed by atoms with E-state index in [0.717, 1.165) is 50.6 Å². The fraction of sp³-hybridized carbons (Fsp3) is 0.118. The molecule has 113 heavy (non-hydrogen) atoms. The summed E-state index contributed by atoms with van der Waals surface area (Å²) < 4.78 is 0. The highest BCUT2D eigenvalue weighted by molar-refractivity contribution is 6.35. The molecule has 0 aliphatic heterocycles. The molecular formula is C93H79N9O11. The molecule has 562 valence electrons. The quantitative estimate of drug-likeness (QED) is 0.0454. The van der Waals surface area contributed by atoms with Crippen LogP contribution in [0.1, 0.15) is 186 Å². The fourth-order valence-electron chi connectivity index (χ4n) is 14.5. The maximum atomic E-state index is 13.3. The minimum absolute atomic E-state index is 0.0679. The van der Waals surface area contributed by atoms with Crippen LogP contribution in [0.4, 0.5) is 73.9 Å². The molecule has 2 amide bonds. The largest absolute Gasteiger partial charge is 0.507 e. The number of nitrogens with two attached hydrogens (primary N) is 3. The Morgan fingerprint density at radius 1 is 0.301 bits per heavy atom. The zero-order chi connectivity index (χ0) is 80.9. The Hall–Kier alpha value is -14.7. The zero-order valence-electron chi connectivity index (χ0n) is 63.8. The molecule has 0 saturated heterocycles. The van der Waals surface area contributed by atoms with Crippen molar-refractivity contribution >= 4 is 132 Å². The van der Waals surface area contributed by atoms with Gasteiger partial charge in [0.15, 0.2) is 46.3 Å². The Labute approximate surface area is 652 Å². The molecule has 0 bridgehead atoms. The van der Waals surface area contributed by atoms with E-state index >= 15 is 0 Å². The number of carbonyl (C=O) groups is 10. The third-order valence-electron chi connectivity index (χ3n) is 20.5. The average molecular weight is 1500 g/mol. The van der Waals surface area contributed by atoms with Crippen molar-refractivity contribution in [3.05, 3.63) is 340 Å². The van der Waals surface area contributed by atoms with Crippen LogP contribution in [0, 0.1) is 55.4 Å². The van der Waals surface area contributed by atoms with Gasteiger partial charge in [-0.1, -0.05) is 132 Å². The highest BCUT2D eigenvalue weighted by Gasteiger charge is 2.39. The molecule has 4 aliphatic carbocycles. The monoisotopic (exact) mass is 1500 g/mol. The van der Waals surface area contributed by atoms with E-state index in [1.807, 2.05) is 102 Å². The number of nitrogens with zero attached hydrogens (tertiary/aromatic N) is 1. The highest BCUT2D eigenvalue weighted by atomic mass is 16.3. The number of hydrogen-bond acceptors (Lipinski definition) is 18. The van der Waals surface area contributed by atoms with Crippen molar-refractivity contribution in [2.45, 2.75) is 69.2 Å². The molecule has 0 aromatic heterocycles. The Morgan fingerprint density at radius 2 is 0.566 bits per heavy atom. The number of nitrogen functional groups attached to an aromatic ring is 3. The van der Waals surface area contributed by atoms with E-state index in [1.165, 1.54) is 18.7 Å². The van der Waals surface area contributed by atoms with Crippen LogP contribution < -0.4 is 48.7 Å². The van der Waals surface area contributed by atoms with Crippen LogP contribution in [0.25, 0.3) is 0 Å². The summed E-state index contributed by atoms with van der Waals surface area (Å²) >= 11 is 0. The first-order valence-electron chi connectivity index (χ1n) is 36.3. The number of carbonyl (C=O) groups excluding carboxylic acids is 10. The molecule has 0 spiro atoms. The van der Waals surface area contributed by atoms with E-state index < -0.39 is 0 Å². The van der Waals surface area contributed by atoms with Gasteiger partial charge in [-0.3, -0.25) is 47.9 Å². The number of benzene rings is 12. The minimum atomic E-state index is -0.329. The molecule has 0 atom stereocenters. The standard InChI is InChI=1S/C24H21N3O3.C23H19N3O3.C23H20N2O2.C23H19NO3/c1-13-12-19(26-15-8-10-16(11-9-15)27(3)14(2)28)20-21(22(13)25)24(30)18-7-5-4-6-17(18)23(20)29;1-12-11-18(26-15-9-7-14(8-10-15)25-13(2)27)19-20(21(12)24)23(29)17-6-4-3-5-16(17)22(19)28;1-12-8-9-17(13(2)10-12)25-18-11-14(3)21(24)20-19(18)22(26)15-6-4-5-7-16(15)23(20)27;1-12-8-9-17(13(2)10-12)24-18-11-14(3)21(25)20-19(18)22(26)15-6-4-5-7-16(15)23(20)27/h4-12,26H,25H2,1-3H3;3-11,26H,24H2,1-2H3,(H,25,27);4-11,25H,24H2,1-3H3;4-11,24-25H,1-3H3. The predicted molar refractivity (Wildman–Crippen MR) is 444 cm³/mol. The number of amides is 2. The van der Waals surface area contributed by atoms with Crippen LogP contribution in [0.3, 0.4) is 0 Å². The molecule has 12 N–H and O–H groups in total. The summed E-state index contributed by atoms with van der Waals surface area (Å²) in [6.07, 6.45) is 0. The van der Waals surface area contributed by atoms with Gasteiger partial charge in [-0.2, -0.15) is 0 Å². The summed E-state index contributed by atoms with van der Waals surface area (Å²) in [6, 6.07) is 60.6. The lowest BCUT2D eigenvalue weighted by molar-refractivity contribution is -0.116. The van der Waals surface area contributed by atoms with Crippen molar-refractivity contribution in [3.8, 4) is 5.75 Å².